The molecule has 0 spiro atoms. The van der Waals surface area contributed by atoms with Crippen LogP contribution in [0.3, 0.4) is 0 Å². The highest BCUT2D eigenvalue weighted by Crippen LogP contribution is 2.19. The Bertz CT molecular complexity index is 929. The maximum atomic E-state index is 12.8. The SMILES string of the molecule is CCC1CC(=O)OC(CC)CC(=O)OC(CC)CC(=O)O[C@H](CC)CC(=O)O[C@H](CC)CC(=O)O[C@H](CC)CC(=O)O[C@H](CC)CC(=O)OC(CC)CC(=O)O1. The Balaban J connectivity index is 3.19. The van der Waals surface area contributed by atoms with E-state index in [1.165, 1.54) is 0 Å². The van der Waals surface area contributed by atoms with Gasteiger partial charge in [0, 0.05) is 0 Å². The van der Waals surface area contributed by atoms with Gasteiger partial charge in [-0.15, -0.1) is 0 Å². The molecule has 1 rings (SSSR count). The van der Waals surface area contributed by atoms with Gasteiger partial charge in [0.15, 0.2) is 0 Å². The van der Waals surface area contributed by atoms with Crippen molar-refractivity contribution in [3.8, 4) is 0 Å². The summed E-state index contributed by atoms with van der Waals surface area (Å²) < 4.78 is 44.0. The molecule has 1 aliphatic heterocycles. The van der Waals surface area contributed by atoms with Gasteiger partial charge in [-0.1, -0.05) is 55.4 Å². The van der Waals surface area contributed by atoms with Crippen LogP contribution in [0.4, 0.5) is 0 Å². The Hall–Kier alpha value is -4.24. The van der Waals surface area contributed by atoms with E-state index in [1.54, 1.807) is 55.4 Å². The molecule has 56 heavy (non-hydrogen) atoms. The molecule has 1 saturated heterocycles. The first-order valence-corrected chi connectivity index (χ1v) is 20.2. The Kier molecular flexibility index (Phi) is 24.3. The van der Waals surface area contributed by atoms with Gasteiger partial charge in [0.25, 0.3) is 0 Å². The summed E-state index contributed by atoms with van der Waals surface area (Å²) in [7, 11) is 0. The third-order valence-corrected chi connectivity index (χ3v) is 9.18. The van der Waals surface area contributed by atoms with Crippen molar-refractivity contribution in [3.05, 3.63) is 0 Å². The number of cyclic esters (lactones) is 8. The van der Waals surface area contributed by atoms with Crippen LogP contribution in [0, 0.1) is 0 Å². The second kappa shape index (κ2) is 27.4. The molecule has 0 aromatic rings. The average molecular weight is 801 g/mol. The Labute approximate surface area is 330 Å². The summed E-state index contributed by atoms with van der Waals surface area (Å²) in [6, 6.07) is 0. The van der Waals surface area contributed by atoms with Crippen molar-refractivity contribution in [2.75, 3.05) is 0 Å². The van der Waals surface area contributed by atoms with E-state index in [1.807, 2.05) is 0 Å². The zero-order valence-electron chi connectivity index (χ0n) is 34.5. The number of ether oxygens (including phenoxy) is 8. The maximum Gasteiger partial charge on any atom is 0.309 e. The summed E-state index contributed by atoms with van der Waals surface area (Å²) in [5, 5.41) is 0. The van der Waals surface area contributed by atoms with Gasteiger partial charge in [-0.25, -0.2) is 0 Å². The van der Waals surface area contributed by atoms with E-state index in [4.69, 9.17) is 37.9 Å². The van der Waals surface area contributed by atoms with Crippen LogP contribution in [0.5, 0.6) is 0 Å². The van der Waals surface area contributed by atoms with Gasteiger partial charge < -0.3 is 37.9 Å². The fourth-order valence-corrected chi connectivity index (χ4v) is 5.51. The number of carbonyl (C=O) groups excluding carboxylic acids is 8. The molecule has 0 bridgehead atoms. The molecular weight excluding hydrogens is 736 g/mol. The van der Waals surface area contributed by atoms with E-state index in [2.05, 4.69) is 0 Å². The van der Waals surface area contributed by atoms with Crippen LogP contribution >= 0.6 is 0 Å². The number of esters is 8. The topological polar surface area (TPSA) is 210 Å². The van der Waals surface area contributed by atoms with Crippen LogP contribution in [-0.2, 0) is 76.3 Å². The number of carbonyl (C=O) groups is 8. The van der Waals surface area contributed by atoms with Gasteiger partial charge in [0.1, 0.15) is 48.8 Å². The largest absolute Gasteiger partial charge is 0.462 e. The molecule has 0 amide bonds. The third-order valence-electron chi connectivity index (χ3n) is 9.18. The molecule has 0 aromatic heterocycles. The van der Waals surface area contributed by atoms with Crippen molar-refractivity contribution in [1.29, 1.82) is 0 Å². The molecule has 16 nitrogen and oxygen atoms in total. The molecular formula is C40H64O16. The molecule has 8 atom stereocenters. The van der Waals surface area contributed by atoms with Crippen LogP contribution in [0.25, 0.3) is 0 Å². The number of rotatable bonds is 8. The summed E-state index contributed by atoms with van der Waals surface area (Å²) >= 11 is 0. The molecule has 320 valence electrons. The first-order valence-electron chi connectivity index (χ1n) is 20.2. The highest BCUT2D eigenvalue weighted by molar-refractivity contribution is 5.77. The average Bonchev–Trinajstić information content (AvgIpc) is 3.14. The monoisotopic (exact) mass is 800 g/mol. The van der Waals surface area contributed by atoms with Gasteiger partial charge in [-0.2, -0.15) is 0 Å². The van der Waals surface area contributed by atoms with Crippen molar-refractivity contribution in [3.63, 3.8) is 0 Å². The highest BCUT2D eigenvalue weighted by Gasteiger charge is 2.29. The lowest BCUT2D eigenvalue weighted by Crippen LogP contribution is -2.31. The smallest absolute Gasteiger partial charge is 0.309 e. The fourth-order valence-electron chi connectivity index (χ4n) is 5.51. The quantitative estimate of drug-likeness (QED) is 0.213. The zero-order valence-corrected chi connectivity index (χ0v) is 34.5. The van der Waals surface area contributed by atoms with E-state index in [0.29, 0.717) is 0 Å². The maximum absolute atomic E-state index is 12.8. The molecule has 1 fully saturated rings. The van der Waals surface area contributed by atoms with E-state index in [-0.39, 0.29) is 103 Å². The number of hydrogen-bond donors (Lipinski definition) is 0. The summed E-state index contributed by atoms with van der Waals surface area (Å²) in [4.78, 5) is 102. The Morgan fingerprint density at radius 3 is 0.411 bits per heavy atom. The predicted octanol–water partition coefficient (Wildman–Crippen LogP) is 5.70. The second-order valence-corrected chi connectivity index (χ2v) is 13.8. The molecule has 0 aliphatic carbocycles. The Morgan fingerprint density at radius 2 is 0.339 bits per heavy atom. The minimum Gasteiger partial charge on any atom is -0.462 e. The van der Waals surface area contributed by atoms with E-state index < -0.39 is 96.6 Å². The lowest BCUT2D eigenvalue weighted by molar-refractivity contribution is -0.164. The predicted molar refractivity (Wildman–Crippen MR) is 198 cm³/mol. The molecule has 0 saturated carbocycles. The lowest BCUT2D eigenvalue weighted by Gasteiger charge is -2.23. The van der Waals surface area contributed by atoms with Crippen molar-refractivity contribution in [2.45, 2.75) is 207 Å². The van der Waals surface area contributed by atoms with Crippen molar-refractivity contribution >= 4 is 47.8 Å². The van der Waals surface area contributed by atoms with E-state index >= 15 is 0 Å². The van der Waals surface area contributed by atoms with Crippen LogP contribution in [-0.4, -0.2) is 96.6 Å². The van der Waals surface area contributed by atoms with Crippen molar-refractivity contribution in [1.82, 2.24) is 0 Å². The van der Waals surface area contributed by atoms with Gasteiger partial charge in [-0.05, 0) is 51.4 Å². The van der Waals surface area contributed by atoms with Crippen molar-refractivity contribution in [2.24, 2.45) is 0 Å². The number of hydrogen-bond acceptors (Lipinski definition) is 16. The summed E-state index contributed by atoms with van der Waals surface area (Å²) in [6.45, 7) is 13.8. The summed E-state index contributed by atoms with van der Waals surface area (Å²) in [6.07, 6.45) is -6.66. The molecule has 0 radical (unpaired) electrons. The van der Waals surface area contributed by atoms with Crippen molar-refractivity contribution < 1.29 is 76.3 Å². The molecule has 16 heteroatoms. The molecule has 0 N–H and O–H groups in total. The minimum atomic E-state index is -0.839. The van der Waals surface area contributed by atoms with Gasteiger partial charge >= 0.3 is 47.8 Å². The first-order chi connectivity index (χ1) is 26.6. The molecule has 4 unspecified atom stereocenters. The molecule has 1 heterocycles. The van der Waals surface area contributed by atoms with Gasteiger partial charge in [0.2, 0.25) is 0 Å². The summed E-state index contributed by atoms with van der Waals surface area (Å²) in [5.74, 6) is -5.54. The molecule has 1 aliphatic rings. The van der Waals surface area contributed by atoms with E-state index in [0.717, 1.165) is 0 Å². The normalized spacial score (nSPS) is 28.7. The Morgan fingerprint density at radius 1 is 0.250 bits per heavy atom. The van der Waals surface area contributed by atoms with Crippen LogP contribution in [0.15, 0.2) is 0 Å². The summed E-state index contributed by atoms with van der Waals surface area (Å²) in [5.41, 5.74) is 0. The zero-order chi connectivity index (χ0) is 42.2. The minimum absolute atomic E-state index is 0.277. The lowest BCUT2D eigenvalue weighted by atomic mass is 10.1. The van der Waals surface area contributed by atoms with Gasteiger partial charge in [-0.3, -0.25) is 38.4 Å². The van der Waals surface area contributed by atoms with Gasteiger partial charge in [0.05, 0.1) is 51.4 Å². The van der Waals surface area contributed by atoms with Crippen LogP contribution in [0.2, 0.25) is 0 Å². The second-order valence-electron chi connectivity index (χ2n) is 13.8. The van der Waals surface area contributed by atoms with E-state index in [9.17, 15) is 38.4 Å². The highest BCUT2D eigenvalue weighted by atomic mass is 16.6. The standard InChI is InChI=1S/C40H64O16/c1-9-25-17-33(41)50-27(11-3)19-35(43)52-29(13-5)21-37(45)54-31(15-7)23-39(47)56-32(16-8)24-40(48)55-30(14-6)22-38(46)53-28(12-4)20-36(44)51-26(10-2)18-34(42)49-25/h25-32H,9-24H2,1-8H3/t25-,26-,27-,28-,29?,30?,31?,32?/m1/s1. The van der Waals surface area contributed by atoms with Crippen LogP contribution < -0.4 is 0 Å². The van der Waals surface area contributed by atoms with Crippen LogP contribution in [0.1, 0.15) is 158 Å². The molecule has 0 aromatic carbocycles. The third kappa shape index (κ3) is 20.6. The first kappa shape index (κ1) is 49.8. The fraction of sp³-hybridized carbons (Fsp3) is 0.800.